The molecule has 0 N–H and O–H groups in total. The molecule has 1 heterocycles. The molecule has 0 bridgehead atoms. The van der Waals surface area contributed by atoms with Gasteiger partial charge in [-0.15, -0.1) is 0 Å². The van der Waals surface area contributed by atoms with Crippen LogP contribution in [-0.2, 0) is 6.61 Å². The molecule has 33 heavy (non-hydrogen) atoms. The second-order valence-corrected chi connectivity index (χ2v) is 9.06. The van der Waals surface area contributed by atoms with E-state index < -0.39 is 0 Å². The van der Waals surface area contributed by atoms with Crippen LogP contribution in [0.2, 0.25) is 0 Å². The van der Waals surface area contributed by atoms with E-state index in [1.165, 1.54) is 10.2 Å². The maximum atomic E-state index is 13.2. The van der Waals surface area contributed by atoms with Crippen LogP contribution in [0.5, 0.6) is 5.75 Å². The topological polar surface area (TPSA) is 56.5 Å². The lowest BCUT2D eigenvalue weighted by atomic mass is 10.1. The van der Waals surface area contributed by atoms with Crippen molar-refractivity contribution < 1.29 is 4.74 Å². The highest BCUT2D eigenvalue weighted by atomic mass is 79.9. The van der Waals surface area contributed by atoms with Gasteiger partial charge in [0.1, 0.15) is 18.2 Å². The summed E-state index contributed by atoms with van der Waals surface area (Å²) in [6.07, 6.45) is 2.54. The minimum absolute atomic E-state index is 0.0976. The van der Waals surface area contributed by atoms with E-state index in [1.54, 1.807) is 12.3 Å². The molecule has 0 aliphatic carbocycles. The van der Waals surface area contributed by atoms with Gasteiger partial charge in [-0.25, -0.2) is 4.98 Å². The van der Waals surface area contributed by atoms with Crippen LogP contribution >= 0.6 is 15.9 Å². The summed E-state index contributed by atoms with van der Waals surface area (Å²) >= 11 is 3.44. The summed E-state index contributed by atoms with van der Waals surface area (Å²) < 4.78 is 8.14. The molecule has 0 saturated carbocycles. The van der Waals surface area contributed by atoms with Crippen molar-refractivity contribution in [2.24, 2.45) is 5.10 Å². The Morgan fingerprint density at radius 1 is 1.09 bits per heavy atom. The number of benzene rings is 3. The van der Waals surface area contributed by atoms with E-state index in [2.05, 4.69) is 66.1 Å². The van der Waals surface area contributed by atoms with Gasteiger partial charge in [-0.05, 0) is 66.9 Å². The fourth-order valence-corrected chi connectivity index (χ4v) is 3.77. The molecule has 1 atom stereocenters. The molecule has 0 amide bonds. The van der Waals surface area contributed by atoms with Crippen LogP contribution in [0.1, 0.15) is 48.7 Å². The van der Waals surface area contributed by atoms with E-state index in [0.29, 0.717) is 23.3 Å². The number of rotatable bonds is 7. The Morgan fingerprint density at radius 3 is 2.52 bits per heavy atom. The van der Waals surface area contributed by atoms with Crippen molar-refractivity contribution in [1.82, 2.24) is 9.66 Å². The first-order valence-electron chi connectivity index (χ1n) is 11.0. The molecule has 4 aromatic rings. The van der Waals surface area contributed by atoms with E-state index in [1.807, 2.05) is 36.4 Å². The third-order valence-electron chi connectivity index (χ3n) is 5.62. The molecule has 5 nitrogen and oxygen atoms in total. The maximum Gasteiger partial charge on any atom is 0.282 e. The minimum atomic E-state index is -0.175. The van der Waals surface area contributed by atoms with Gasteiger partial charge in [-0.3, -0.25) is 4.79 Å². The second kappa shape index (κ2) is 10.1. The number of fused-ring (bicyclic) bond motifs is 1. The quantitative estimate of drug-likeness (QED) is 0.272. The first-order valence-corrected chi connectivity index (χ1v) is 11.8. The van der Waals surface area contributed by atoms with Crippen LogP contribution in [-0.4, -0.2) is 15.9 Å². The van der Waals surface area contributed by atoms with Crippen LogP contribution in [0.25, 0.3) is 10.9 Å². The molecule has 0 aliphatic heterocycles. The lowest BCUT2D eigenvalue weighted by Gasteiger charge is -2.14. The number of nitrogens with zero attached hydrogens (tertiary/aromatic N) is 3. The molecule has 0 aliphatic rings. The average molecular weight is 504 g/mol. The molecule has 0 unspecified atom stereocenters. The Bertz CT molecular complexity index is 1340. The number of ether oxygens (including phenoxy) is 1. The van der Waals surface area contributed by atoms with Crippen LogP contribution < -0.4 is 10.3 Å². The fourth-order valence-electron chi connectivity index (χ4n) is 3.40. The summed E-state index contributed by atoms with van der Waals surface area (Å²) in [6.45, 7) is 6.71. The number of hydrogen-bond donors (Lipinski definition) is 0. The predicted octanol–water partition coefficient (Wildman–Crippen LogP) is 6.44. The SMILES string of the molecule is CC[C@H](C)c1nc2ccc(Br)cc2c(=O)n1N=Cc1ccc(OCc2ccc(C)cc2)cc1. The fraction of sp³-hybridized carbons (Fsp3) is 0.222. The zero-order valence-corrected chi connectivity index (χ0v) is 20.5. The van der Waals surface area contributed by atoms with E-state index >= 15 is 0 Å². The van der Waals surface area contributed by atoms with Crippen LogP contribution in [0.4, 0.5) is 0 Å². The van der Waals surface area contributed by atoms with Gasteiger partial charge in [0.2, 0.25) is 0 Å². The molecule has 6 heteroatoms. The lowest BCUT2D eigenvalue weighted by molar-refractivity contribution is 0.306. The van der Waals surface area contributed by atoms with Gasteiger partial charge in [0.25, 0.3) is 5.56 Å². The van der Waals surface area contributed by atoms with E-state index in [0.717, 1.165) is 27.8 Å². The lowest BCUT2D eigenvalue weighted by Crippen LogP contribution is -2.23. The highest BCUT2D eigenvalue weighted by Crippen LogP contribution is 2.21. The molecule has 0 fully saturated rings. The van der Waals surface area contributed by atoms with E-state index in [4.69, 9.17) is 9.72 Å². The highest BCUT2D eigenvalue weighted by molar-refractivity contribution is 9.10. The average Bonchev–Trinajstić information content (AvgIpc) is 2.83. The second-order valence-electron chi connectivity index (χ2n) is 8.15. The summed E-state index contributed by atoms with van der Waals surface area (Å²) in [4.78, 5) is 17.9. The van der Waals surface area contributed by atoms with Gasteiger partial charge in [-0.2, -0.15) is 9.78 Å². The summed E-state index contributed by atoms with van der Waals surface area (Å²) in [5.74, 6) is 1.54. The molecule has 0 saturated heterocycles. The summed E-state index contributed by atoms with van der Waals surface area (Å²) in [5, 5.41) is 5.05. The van der Waals surface area contributed by atoms with Crippen LogP contribution in [0, 0.1) is 6.92 Å². The third kappa shape index (κ3) is 5.40. The van der Waals surface area contributed by atoms with Gasteiger partial charge in [0.05, 0.1) is 17.1 Å². The van der Waals surface area contributed by atoms with Crippen LogP contribution in [0.15, 0.2) is 81.1 Å². The smallest absolute Gasteiger partial charge is 0.282 e. The van der Waals surface area contributed by atoms with Crippen molar-refractivity contribution in [3.63, 3.8) is 0 Å². The van der Waals surface area contributed by atoms with Crippen molar-refractivity contribution in [3.05, 3.63) is 104 Å². The monoisotopic (exact) mass is 503 g/mol. The molecule has 168 valence electrons. The van der Waals surface area contributed by atoms with E-state index in [-0.39, 0.29) is 11.5 Å². The molecule has 3 aromatic carbocycles. The third-order valence-corrected chi connectivity index (χ3v) is 6.11. The molecule has 4 rings (SSSR count). The maximum absolute atomic E-state index is 13.2. The van der Waals surface area contributed by atoms with Gasteiger partial charge in [0.15, 0.2) is 0 Å². The number of aromatic nitrogens is 2. The Kier molecular flexibility index (Phi) is 7.04. The number of aryl methyl sites for hydroxylation is 1. The van der Waals surface area contributed by atoms with Crippen molar-refractivity contribution in [3.8, 4) is 5.75 Å². The molecule has 0 radical (unpaired) electrons. The minimum Gasteiger partial charge on any atom is -0.489 e. The van der Waals surface area contributed by atoms with Gasteiger partial charge >= 0.3 is 0 Å². The summed E-state index contributed by atoms with van der Waals surface area (Å²) in [7, 11) is 0. The van der Waals surface area contributed by atoms with Crippen molar-refractivity contribution in [1.29, 1.82) is 0 Å². The zero-order chi connectivity index (χ0) is 23.4. The Morgan fingerprint density at radius 2 is 1.82 bits per heavy atom. The largest absolute Gasteiger partial charge is 0.489 e. The zero-order valence-electron chi connectivity index (χ0n) is 19.0. The molecular formula is C27H26BrN3O2. The normalized spacial score (nSPS) is 12.4. The van der Waals surface area contributed by atoms with Crippen molar-refractivity contribution >= 4 is 33.0 Å². The van der Waals surface area contributed by atoms with Crippen LogP contribution in [0.3, 0.4) is 0 Å². The summed E-state index contributed by atoms with van der Waals surface area (Å²) in [6, 6.07) is 21.5. The van der Waals surface area contributed by atoms with Gasteiger partial charge in [-0.1, -0.05) is 59.6 Å². The Hall–Kier alpha value is -3.25. The van der Waals surface area contributed by atoms with Gasteiger partial charge < -0.3 is 4.74 Å². The molecular weight excluding hydrogens is 478 g/mol. The molecule has 0 spiro atoms. The first kappa shape index (κ1) is 22.9. The Labute approximate surface area is 201 Å². The Balaban J connectivity index is 1.57. The summed E-state index contributed by atoms with van der Waals surface area (Å²) in [5.41, 5.74) is 3.73. The standard InChI is InChI=1S/C27H26BrN3O2/c1-4-19(3)26-30-25-14-11-22(28)15-24(25)27(32)31(26)29-16-20-9-12-23(13-10-20)33-17-21-7-5-18(2)6-8-21/h5-16,19H,4,17H2,1-3H3/t19-/m0/s1. The van der Waals surface area contributed by atoms with Crippen molar-refractivity contribution in [2.75, 3.05) is 0 Å². The van der Waals surface area contributed by atoms with Gasteiger partial charge in [0, 0.05) is 10.4 Å². The molecule has 1 aromatic heterocycles. The highest BCUT2D eigenvalue weighted by Gasteiger charge is 2.15. The number of hydrogen-bond acceptors (Lipinski definition) is 4. The first-order chi connectivity index (χ1) is 15.9. The van der Waals surface area contributed by atoms with E-state index in [9.17, 15) is 4.79 Å². The van der Waals surface area contributed by atoms with Crippen molar-refractivity contribution in [2.45, 2.75) is 39.7 Å². The number of halogens is 1. The predicted molar refractivity (Wildman–Crippen MR) is 137 cm³/mol.